The van der Waals surface area contributed by atoms with Crippen LogP contribution in [0.15, 0.2) is 18.2 Å². The molecular formula is C15H17F2N5O. The van der Waals surface area contributed by atoms with Gasteiger partial charge >= 0.3 is 0 Å². The molecule has 1 saturated heterocycles. The van der Waals surface area contributed by atoms with E-state index < -0.39 is 17.5 Å². The second-order valence-corrected chi connectivity index (χ2v) is 5.50. The molecule has 0 spiro atoms. The maximum Gasteiger partial charge on any atom is 0.261 e. The SMILES string of the molecule is Cn1nc(C2CCNCC2)nc1NC(=O)c1cccc(F)c1F. The lowest BCUT2D eigenvalue weighted by molar-refractivity contribution is 0.102. The van der Waals surface area contributed by atoms with Crippen LogP contribution in [-0.2, 0) is 7.05 Å². The molecule has 1 aliphatic rings. The maximum absolute atomic E-state index is 13.7. The first kappa shape index (κ1) is 15.5. The fourth-order valence-electron chi connectivity index (χ4n) is 2.61. The lowest BCUT2D eigenvalue weighted by Gasteiger charge is -2.19. The van der Waals surface area contributed by atoms with Gasteiger partial charge in [0.15, 0.2) is 17.5 Å². The Balaban J connectivity index is 1.78. The fourth-order valence-corrected chi connectivity index (χ4v) is 2.61. The van der Waals surface area contributed by atoms with Crippen LogP contribution in [0.4, 0.5) is 14.7 Å². The number of hydrogen-bond donors (Lipinski definition) is 2. The van der Waals surface area contributed by atoms with Gasteiger partial charge in [-0.05, 0) is 38.1 Å². The first-order valence-corrected chi connectivity index (χ1v) is 7.43. The van der Waals surface area contributed by atoms with Crippen LogP contribution in [0.3, 0.4) is 0 Å². The Kier molecular flexibility index (Phi) is 4.33. The van der Waals surface area contributed by atoms with E-state index in [2.05, 4.69) is 20.7 Å². The van der Waals surface area contributed by atoms with Crippen molar-refractivity contribution in [1.82, 2.24) is 20.1 Å². The molecule has 3 rings (SSSR count). The number of carbonyl (C=O) groups excluding carboxylic acids is 1. The summed E-state index contributed by atoms with van der Waals surface area (Å²) in [5, 5.41) is 10.1. The number of carbonyl (C=O) groups is 1. The third-order valence-electron chi connectivity index (χ3n) is 3.91. The largest absolute Gasteiger partial charge is 0.317 e. The third kappa shape index (κ3) is 3.21. The van der Waals surface area contributed by atoms with Gasteiger partial charge in [-0.25, -0.2) is 13.5 Å². The Morgan fingerprint density at radius 3 is 2.83 bits per heavy atom. The van der Waals surface area contributed by atoms with Crippen molar-refractivity contribution in [3.8, 4) is 0 Å². The van der Waals surface area contributed by atoms with Gasteiger partial charge in [-0.3, -0.25) is 10.1 Å². The van der Waals surface area contributed by atoms with Crippen molar-refractivity contribution >= 4 is 11.9 Å². The van der Waals surface area contributed by atoms with E-state index in [1.165, 1.54) is 16.8 Å². The van der Waals surface area contributed by atoms with Crippen LogP contribution < -0.4 is 10.6 Å². The highest BCUT2D eigenvalue weighted by Gasteiger charge is 2.22. The van der Waals surface area contributed by atoms with Gasteiger partial charge in [0.05, 0.1) is 5.56 Å². The topological polar surface area (TPSA) is 71.8 Å². The molecule has 122 valence electrons. The summed E-state index contributed by atoms with van der Waals surface area (Å²) in [5.41, 5.74) is -0.364. The zero-order chi connectivity index (χ0) is 16.4. The summed E-state index contributed by atoms with van der Waals surface area (Å²) < 4.78 is 28.3. The van der Waals surface area contributed by atoms with Crippen molar-refractivity contribution in [3.63, 3.8) is 0 Å². The molecule has 2 aromatic rings. The molecule has 0 aliphatic carbocycles. The lowest BCUT2D eigenvalue weighted by Crippen LogP contribution is -2.27. The van der Waals surface area contributed by atoms with E-state index in [1.807, 2.05) is 0 Å². The second kappa shape index (κ2) is 6.41. The van der Waals surface area contributed by atoms with Crippen LogP contribution in [-0.4, -0.2) is 33.8 Å². The Labute approximate surface area is 131 Å². The minimum atomic E-state index is -1.18. The molecule has 1 aromatic heterocycles. The summed E-state index contributed by atoms with van der Waals surface area (Å²) in [5.74, 6) is -1.89. The average Bonchev–Trinajstić information content (AvgIpc) is 2.92. The Morgan fingerprint density at radius 1 is 1.35 bits per heavy atom. The first-order valence-electron chi connectivity index (χ1n) is 7.43. The third-order valence-corrected chi connectivity index (χ3v) is 3.91. The van der Waals surface area contributed by atoms with Gasteiger partial charge in [0, 0.05) is 13.0 Å². The molecule has 1 aliphatic heterocycles. The van der Waals surface area contributed by atoms with Crippen LogP contribution in [0.5, 0.6) is 0 Å². The maximum atomic E-state index is 13.7. The normalized spacial score (nSPS) is 15.6. The van der Waals surface area contributed by atoms with Crippen molar-refractivity contribution in [3.05, 3.63) is 41.2 Å². The van der Waals surface area contributed by atoms with Crippen LogP contribution in [0, 0.1) is 11.6 Å². The van der Waals surface area contributed by atoms with Crippen LogP contribution in [0.1, 0.15) is 34.9 Å². The molecule has 8 heteroatoms. The molecule has 0 radical (unpaired) electrons. The van der Waals surface area contributed by atoms with Crippen molar-refractivity contribution in [1.29, 1.82) is 0 Å². The highest BCUT2D eigenvalue weighted by atomic mass is 19.2. The number of halogens is 2. The van der Waals surface area contributed by atoms with Crippen molar-refractivity contribution in [2.75, 3.05) is 18.4 Å². The zero-order valence-corrected chi connectivity index (χ0v) is 12.6. The highest BCUT2D eigenvalue weighted by molar-refractivity contribution is 6.03. The standard InChI is InChI=1S/C15H17F2N5O/c1-22-15(19-13(21-22)9-5-7-18-8-6-9)20-14(23)10-3-2-4-11(16)12(10)17/h2-4,9,18H,5-8H2,1H3,(H,19,20,21,23). The summed E-state index contributed by atoms with van der Waals surface area (Å²) in [4.78, 5) is 16.4. The molecule has 1 amide bonds. The smallest absolute Gasteiger partial charge is 0.261 e. The molecule has 1 aromatic carbocycles. The lowest BCUT2D eigenvalue weighted by atomic mass is 9.98. The molecule has 1 fully saturated rings. The van der Waals surface area contributed by atoms with Crippen molar-refractivity contribution < 1.29 is 13.6 Å². The summed E-state index contributed by atoms with van der Waals surface area (Å²) in [6.45, 7) is 1.80. The molecule has 2 heterocycles. The number of benzene rings is 1. The molecular weight excluding hydrogens is 304 g/mol. The molecule has 0 atom stereocenters. The fraction of sp³-hybridized carbons (Fsp3) is 0.400. The van der Waals surface area contributed by atoms with Gasteiger partial charge in [0.25, 0.3) is 5.91 Å². The Hall–Kier alpha value is -2.35. The van der Waals surface area contributed by atoms with Crippen molar-refractivity contribution in [2.24, 2.45) is 7.05 Å². The predicted molar refractivity (Wildman–Crippen MR) is 80.2 cm³/mol. The van der Waals surface area contributed by atoms with Gasteiger partial charge < -0.3 is 5.32 Å². The minimum absolute atomic E-state index is 0.215. The summed E-state index contributed by atoms with van der Waals surface area (Å²) >= 11 is 0. The number of piperidine rings is 1. The number of nitrogens with zero attached hydrogens (tertiary/aromatic N) is 3. The summed E-state index contributed by atoms with van der Waals surface area (Å²) in [6.07, 6.45) is 1.85. The van der Waals surface area contributed by atoms with E-state index >= 15 is 0 Å². The van der Waals surface area contributed by atoms with Gasteiger partial charge in [0.1, 0.15) is 0 Å². The van der Waals surface area contributed by atoms with E-state index in [0.717, 1.165) is 32.0 Å². The van der Waals surface area contributed by atoms with E-state index in [1.54, 1.807) is 7.05 Å². The number of aryl methyl sites for hydroxylation is 1. The molecule has 2 N–H and O–H groups in total. The zero-order valence-electron chi connectivity index (χ0n) is 12.6. The van der Waals surface area contributed by atoms with Gasteiger partial charge in [-0.2, -0.15) is 10.1 Å². The van der Waals surface area contributed by atoms with Gasteiger partial charge in [0.2, 0.25) is 5.95 Å². The van der Waals surface area contributed by atoms with Crippen LogP contribution >= 0.6 is 0 Å². The molecule has 23 heavy (non-hydrogen) atoms. The van der Waals surface area contributed by atoms with Crippen LogP contribution in [0.2, 0.25) is 0 Å². The monoisotopic (exact) mass is 321 g/mol. The quantitative estimate of drug-likeness (QED) is 0.904. The number of aromatic nitrogens is 3. The molecule has 0 bridgehead atoms. The van der Waals surface area contributed by atoms with Crippen molar-refractivity contribution in [2.45, 2.75) is 18.8 Å². The van der Waals surface area contributed by atoms with Crippen LogP contribution in [0.25, 0.3) is 0 Å². The molecule has 0 unspecified atom stereocenters. The van der Waals surface area contributed by atoms with E-state index in [-0.39, 0.29) is 17.4 Å². The number of hydrogen-bond acceptors (Lipinski definition) is 4. The molecule has 0 saturated carbocycles. The van der Waals surface area contributed by atoms with Gasteiger partial charge in [-0.15, -0.1) is 0 Å². The Bertz CT molecular complexity index is 725. The average molecular weight is 321 g/mol. The number of anilines is 1. The van der Waals surface area contributed by atoms with E-state index in [4.69, 9.17) is 0 Å². The highest BCUT2D eigenvalue weighted by Crippen LogP contribution is 2.23. The minimum Gasteiger partial charge on any atom is -0.317 e. The van der Waals surface area contributed by atoms with E-state index in [9.17, 15) is 13.6 Å². The summed E-state index contributed by atoms with van der Waals surface area (Å²) in [7, 11) is 1.65. The predicted octanol–water partition coefficient (Wildman–Crippen LogP) is 1.81. The van der Waals surface area contributed by atoms with E-state index in [0.29, 0.717) is 5.82 Å². The molecule has 6 nitrogen and oxygen atoms in total. The number of rotatable bonds is 3. The summed E-state index contributed by atoms with van der Waals surface area (Å²) in [6, 6.07) is 3.46. The Morgan fingerprint density at radius 2 is 2.09 bits per heavy atom. The van der Waals surface area contributed by atoms with Gasteiger partial charge in [-0.1, -0.05) is 6.07 Å². The number of nitrogens with one attached hydrogen (secondary N) is 2. The number of amides is 1. The first-order chi connectivity index (χ1) is 11.1. The second-order valence-electron chi connectivity index (χ2n) is 5.50.